The summed E-state index contributed by atoms with van der Waals surface area (Å²) in [5.41, 5.74) is 1.06. The number of nitrogens with one attached hydrogen (secondary N) is 2. The van der Waals surface area contributed by atoms with Gasteiger partial charge < -0.3 is 19.9 Å². The number of hydrogen-bond acceptors (Lipinski definition) is 8. The molecule has 38 heavy (non-hydrogen) atoms. The number of halogens is 2. The average Bonchev–Trinajstić information content (AvgIpc) is 2.88. The van der Waals surface area contributed by atoms with Gasteiger partial charge >= 0.3 is 10.2 Å². The largest absolute Gasteiger partial charge is 0.489 e. The van der Waals surface area contributed by atoms with Gasteiger partial charge in [0.1, 0.15) is 30.1 Å². The molecule has 0 amide bonds. The number of ether oxygens (including phenoxy) is 2. The highest BCUT2D eigenvalue weighted by atomic mass is 35.5. The number of nitriles is 1. The van der Waals surface area contributed by atoms with Gasteiger partial charge in [0.25, 0.3) is 0 Å². The second-order valence-corrected chi connectivity index (χ2v) is 11.5. The van der Waals surface area contributed by atoms with Gasteiger partial charge in [0.05, 0.1) is 23.9 Å². The highest BCUT2D eigenvalue weighted by Crippen LogP contribution is 2.33. The Morgan fingerprint density at radius 2 is 2.05 bits per heavy atom. The maximum atomic E-state index is 12.6. The van der Waals surface area contributed by atoms with E-state index in [2.05, 4.69) is 34.9 Å². The van der Waals surface area contributed by atoms with Crippen molar-refractivity contribution in [2.75, 3.05) is 44.2 Å². The van der Waals surface area contributed by atoms with Crippen LogP contribution in [0.2, 0.25) is 5.02 Å². The maximum Gasteiger partial charge on any atom is 0.301 e. The van der Waals surface area contributed by atoms with Gasteiger partial charge in [-0.1, -0.05) is 17.7 Å². The summed E-state index contributed by atoms with van der Waals surface area (Å²) in [4.78, 5) is 4.13. The molecule has 10 nitrogen and oxygen atoms in total. The maximum absolute atomic E-state index is 12.6. The zero-order valence-corrected chi connectivity index (χ0v) is 23.9. The van der Waals surface area contributed by atoms with Crippen molar-refractivity contribution in [3.05, 3.63) is 52.8 Å². The number of rotatable bonds is 13. The van der Waals surface area contributed by atoms with Crippen molar-refractivity contribution in [1.82, 2.24) is 14.6 Å². The third-order valence-electron chi connectivity index (χ3n) is 6.00. The van der Waals surface area contributed by atoms with E-state index in [1.165, 1.54) is 22.0 Å². The summed E-state index contributed by atoms with van der Waals surface area (Å²) in [7, 11) is -3.85. The van der Waals surface area contributed by atoms with E-state index in [-0.39, 0.29) is 59.7 Å². The quantitative estimate of drug-likeness (QED) is 0.325. The molecule has 1 aliphatic rings. The molecule has 1 aromatic carbocycles. The molecule has 13 heteroatoms. The Bertz CT molecular complexity index is 1170. The summed E-state index contributed by atoms with van der Waals surface area (Å²) in [6, 6.07) is 8.84. The predicted molar refractivity (Wildman–Crippen MR) is 149 cm³/mol. The highest BCUT2D eigenvalue weighted by Gasteiger charge is 2.26. The van der Waals surface area contributed by atoms with Crippen LogP contribution in [0.25, 0.3) is 0 Å². The van der Waals surface area contributed by atoms with E-state index in [4.69, 9.17) is 21.1 Å². The summed E-state index contributed by atoms with van der Waals surface area (Å²) >= 11 is 6.34. The van der Waals surface area contributed by atoms with Crippen LogP contribution in [0.4, 0.5) is 5.69 Å². The van der Waals surface area contributed by atoms with Crippen molar-refractivity contribution in [2.45, 2.75) is 44.8 Å². The molecule has 1 atom stereocenters. The highest BCUT2D eigenvalue weighted by molar-refractivity contribution is 7.90. The van der Waals surface area contributed by atoms with Gasteiger partial charge in [0.15, 0.2) is 0 Å². The molecule has 0 aliphatic carbocycles. The number of aryl methyl sites for hydroxylation is 1. The molecule has 0 radical (unpaired) electrons. The van der Waals surface area contributed by atoms with Crippen LogP contribution in [0.5, 0.6) is 5.75 Å². The van der Waals surface area contributed by atoms with Gasteiger partial charge in [-0.05, 0) is 56.9 Å². The molecule has 210 valence electrons. The predicted octanol–water partition coefficient (Wildman–Crippen LogP) is 3.15. The molecule has 1 aliphatic heterocycles. The molecule has 1 fully saturated rings. The molecule has 1 aromatic heterocycles. The molecular formula is C25H35Cl2N5O5S. The molecule has 1 saturated heterocycles. The first kappa shape index (κ1) is 32.0. The molecule has 1 unspecified atom stereocenters. The Labute approximate surface area is 235 Å². The van der Waals surface area contributed by atoms with Crippen molar-refractivity contribution in [2.24, 2.45) is 0 Å². The van der Waals surface area contributed by atoms with E-state index in [1.807, 2.05) is 18.3 Å². The van der Waals surface area contributed by atoms with Crippen LogP contribution >= 0.6 is 24.0 Å². The van der Waals surface area contributed by atoms with Crippen molar-refractivity contribution in [1.29, 1.82) is 5.26 Å². The van der Waals surface area contributed by atoms with Gasteiger partial charge in [0, 0.05) is 37.6 Å². The van der Waals surface area contributed by atoms with Crippen molar-refractivity contribution >= 4 is 39.9 Å². The van der Waals surface area contributed by atoms with Gasteiger partial charge in [-0.2, -0.15) is 18.0 Å². The fourth-order valence-corrected chi connectivity index (χ4v) is 5.37. The van der Waals surface area contributed by atoms with Crippen LogP contribution in [-0.2, 0) is 21.4 Å². The number of aliphatic hydroxyl groups excluding tert-OH is 1. The Morgan fingerprint density at radius 3 is 2.71 bits per heavy atom. The van der Waals surface area contributed by atoms with Gasteiger partial charge in [0.2, 0.25) is 0 Å². The minimum atomic E-state index is -3.85. The summed E-state index contributed by atoms with van der Waals surface area (Å²) in [5, 5.41) is 23.3. The van der Waals surface area contributed by atoms with E-state index in [0.717, 1.165) is 19.3 Å². The van der Waals surface area contributed by atoms with Crippen LogP contribution in [0.15, 0.2) is 36.7 Å². The number of hydrogen-bond donors (Lipinski definition) is 3. The number of pyridine rings is 1. The van der Waals surface area contributed by atoms with Crippen molar-refractivity contribution in [3.63, 3.8) is 0 Å². The zero-order chi connectivity index (χ0) is 26.9. The Hall–Kier alpha value is -2.17. The lowest BCUT2D eigenvalue weighted by molar-refractivity contribution is 0.0733. The lowest BCUT2D eigenvalue weighted by Gasteiger charge is -2.28. The van der Waals surface area contributed by atoms with Gasteiger partial charge in [-0.25, -0.2) is 0 Å². The SMILES string of the molecule is CC(C)(CCCc1cccnc1)NCC(O)COc1ccc(NS(=O)(=O)N2CCOCC2)c(Cl)c1C#N.Cl. The number of benzene rings is 1. The molecule has 3 rings (SSSR count). The first-order chi connectivity index (χ1) is 17.6. The summed E-state index contributed by atoms with van der Waals surface area (Å²) in [5.74, 6) is 0.164. The Kier molecular flexibility index (Phi) is 12.5. The van der Waals surface area contributed by atoms with Gasteiger partial charge in [-0.15, -0.1) is 12.4 Å². The van der Waals surface area contributed by atoms with Gasteiger partial charge in [-0.3, -0.25) is 9.71 Å². The minimum Gasteiger partial charge on any atom is -0.489 e. The fourth-order valence-electron chi connectivity index (χ4n) is 3.86. The number of aliphatic hydroxyl groups is 1. The third-order valence-corrected chi connectivity index (χ3v) is 7.92. The topological polar surface area (TPSA) is 137 Å². The number of nitrogens with zero attached hydrogens (tertiary/aromatic N) is 3. The Balaban J connectivity index is 0.00000507. The third kappa shape index (κ3) is 9.54. The lowest BCUT2D eigenvalue weighted by atomic mass is 9.95. The van der Waals surface area contributed by atoms with Crippen LogP contribution < -0.4 is 14.8 Å². The summed E-state index contributed by atoms with van der Waals surface area (Å²) in [6.45, 7) is 5.46. The fraction of sp³-hybridized carbons (Fsp3) is 0.520. The summed E-state index contributed by atoms with van der Waals surface area (Å²) < 4.78 is 39.8. The van der Waals surface area contributed by atoms with E-state index in [0.29, 0.717) is 19.8 Å². The second kappa shape index (κ2) is 14.8. The minimum absolute atomic E-state index is 0. The molecule has 2 aromatic rings. The van der Waals surface area contributed by atoms with E-state index in [1.54, 1.807) is 6.20 Å². The molecule has 0 spiro atoms. The molecule has 0 saturated carbocycles. The first-order valence-electron chi connectivity index (χ1n) is 12.1. The number of aromatic nitrogens is 1. The monoisotopic (exact) mass is 587 g/mol. The smallest absolute Gasteiger partial charge is 0.301 e. The molecule has 2 heterocycles. The van der Waals surface area contributed by atoms with Crippen molar-refractivity contribution < 1.29 is 23.0 Å². The lowest BCUT2D eigenvalue weighted by Crippen LogP contribution is -2.44. The zero-order valence-electron chi connectivity index (χ0n) is 21.5. The van der Waals surface area contributed by atoms with Crippen LogP contribution in [-0.4, -0.2) is 73.9 Å². The second-order valence-electron chi connectivity index (χ2n) is 9.48. The summed E-state index contributed by atoms with van der Waals surface area (Å²) in [6.07, 6.45) is 5.61. The first-order valence-corrected chi connectivity index (χ1v) is 14.0. The van der Waals surface area contributed by atoms with E-state index < -0.39 is 16.3 Å². The van der Waals surface area contributed by atoms with Crippen molar-refractivity contribution in [3.8, 4) is 11.8 Å². The van der Waals surface area contributed by atoms with Crippen LogP contribution in [0.1, 0.15) is 37.8 Å². The molecule has 0 bridgehead atoms. The van der Waals surface area contributed by atoms with E-state index >= 15 is 0 Å². The normalized spacial score (nSPS) is 15.2. The van der Waals surface area contributed by atoms with E-state index in [9.17, 15) is 18.8 Å². The average molecular weight is 589 g/mol. The van der Waals surface area contributed by atoms with Crippen LogP contribution in [0, 0.1) is 11.3 Å². The molecular weight excluding hydrogens is 553 g/mol. The number of anilines is 1. The number of β-amino-alcohol motifs (C(OH)–C–C–N with tert-alkyl or cyclic N) is 1. The standard InChI is InChI=1S/C25H34ClN5O5S.ClH/c1-25(2,9-3-5-19-6-4-10-28-16-19)29-17-20(32)18-36-23-8-7-22(24(26)21(23)15-27)30-37(33,34)31-11-13-35-14-12-31;/h4,6-8,10,16,20,29-30,32H,3,5,9,11-14,17-18H2,1-2H3;1H. The Morgan fingerprint density at radius 1 is 1.32 bits per heavy atom. The molecule has 3 N–H and O–H groups in total. The van der Waals surface area contributed by atoms with Crippen LogP contribution in [0.3, 0.4) is 0 Å². The number of morpholine rings is 1.